The Morgan fingerprint density at radius 3 is 2.38 bits per heavy atom. The highest BCUT2D eigenvalue weighted by Crippen LogP contribution is 2.11. The summed E-state index contributed by atoms with van der Waals surface area (Å²) < 4.78 is 0. The maximum Gasteiger partial charge on any atom is 0.323 e. The summed E-state index contributed by atoms with van der Waals surface area (Å²) in [6.45, 7) is 10.0. The molecule has 0 aliphatic heterocycles. The van der Waals surface area contributed by atoms with Crippen molar-refractivity contribution in [2.75, 3.05) is 13.1 Å². The van der Waals surface area contributed by atoms with Crippen molar-refractivity contribution in [3.63, 3.8) is 0 Å². The van der Waals surface area contributed by atoms with Crippen LogP contribution in [0, 0.1) is 0 Å². The molecule has 1 atom stereocenters. The molecule has 0 spiro atoms. The van der Waals surface area contributed by atoms with Crippen molar-refractivity contribution in [3.05, 3.63) is 0 Å². The summed E-state index contributed by atoms with van der Waals surface area (Å²) in [5.41, 5.74) is 4.59. The van der Waals surface area contributed by atoms with E-state index in [1.807, 2.05) is 0 Å². The number of nitrogens with two attached hydrogens (primary N) is 1. The largest absolute Gasteiger partial charge is 0.480 e. The fraction of sp³-hybridized carbons (Fsp3) is 0.917. The van der Waals surface area contributed by atoms with Gasteiger partial charge in [0.2, 0.25) is 0 Å². The van der Waals surface area contributed by atoms with E-state index in [1.54, 1.807) is 6.92 Å². The zero-order valence-corrected chi connectivity index (χ0v) is 11.0. The lowest BCUT2D eigenvalue weighted by Gasteiger charge is -2.27. The zero-order valence-electron chi connectivity index (χ0n) is 11.0. The summed E-state index contributed by atoms with van der Waals surface area (Å²) in [4.78, 5) is 13.2. The smallest absolute Gasteiger partial charge is 0.323 e. The van der Waals surface area contributed by atoms with Gasteiger partial charge in [-0.1, -0.05) is 6.92 Å². The summed E-state index contributed by atoms with van der Waals surface area (Å²) >= 11 is 0. The molecule has 0 aliphatic rings. The highest BCUT2D eigenvalue weighted by atomic mass is 16.4. The predicted molar refractivity (Wildman–Crippen MR) is 66.5 cm³/mol. The zero-order chi connectivity index (χ0) is 12.8. The third kappa shape index (κ3) is 5.47. The maximum absolute atomic E-state index is 10.8. The van der Waals surface area contributed by atoms with Crippen molar-refractivity contribution in [1.82, 2.24) is 4.90 Å². The summed E-state index contributed by atoms with van der Waals surface area (Å²) in [6, 6.07) is 0.508. The van der Waals surface area contributed by atoms with Crippen LogP contribution < -0.4 is 5.73 Å². The quantitative estimate of drug-likeness (QED) is 0.666. The van der Waals surface area contributed by atoms with E-state index in [2.05, 4.69) is 25.7 Å². The molecule has 4 nitrogen and oxygen atoms in total. The van der Waals surface area contributed by atoms with Crippen LogP contribution in [-0.2, 0) is 4.79 Å². The van der Waals surface area contributed by atoms with Crippen LogP contribution in [0.2, 0.25) is 0 Å². The summed E-state index contributed by atoms with van der Waals surface area (Å²) in [7, 11) is 0. The number of hydrogen-bond acceptors (Lipinski definition) is 3. The number of carbonyl (C=O) groups is 1. The fourth-order valence-corrected chi connectivity index (χ4v) is 1.67. The first kappa shape index (κ1) is 15.4. The van der Waals surface area contributed by atoms with Crippen LogP contribution in [0.3, 0.4) is 0 Å². The second kappa shape index (κ2) is 6.86. The van der Waals surface area contributed by atoms with Crippen LogP contribution in [-0.4, -0.2) is 40.6 Å². The molecule has 0 saturated heterocycles. The van der Waals surface area contributed by atoms with E-state index < -0.39 is 11.5 Å². The first-order valence-corrected chi connectivity index (χ1v) is 6.07. The number of hydrogen-bond donors (Lipinski definition) is 2. The SMILES string of the molecule is CCCN(CCCC(C)(N)C(=O)O)C(C)C. The monoisotopic (exact) mass is 230 g/mol. The van der Waals surface area contributed by atoms with E-state index in [0.717, 1.165) is 25.9 Å². The van der Waals surface area contributed by atoms with Crippen LogP contribution in [0.25, 0.3) is 0 Å². The number of aliphatic carboxylic acids is 1. The Morgan fingerprint density at radius 2 is 2.00 bits per heavy atom. The second-order valence-electron chi connectivity index (χ2n) is 4.96. The van der Waals surface area contributed by atoms with Crippen LogP contribution in [0.4, 0.5) is 0 Å². The minimum absolute atomic E-state index is 0.508. The standard InChI is InChI=1S/C12H26N2O2/c1-5-8-14(10(2)3)9-6-7-12(4,13)11(15)16/h10H,5-9,13H2,1-4H3,(H,15,16). The average Bonchev–Trinajstić information content (AvgIpc) is 2.15. The van der Waals surface area contributed by atoms with E-state index >= 15 is 0 Å². The third-order valence-electron chi connectivity index (χ3n) is 2.87. The Bertz CT molecular complexity index is 215. The van der Waals surface area contributed by atoms with Gasteiger partial charge in [-0.05, 0) is 53.1 Å². The van der Waals surface area contributed by atoms with E-state index in [1.165, 1.54) is 0 Å². The normalized spacial score (nSPS) is 15.4. The molecule has 0 aromatic carbocycles. The Labute approximate surface area is 98.8 Å². The molecule has 3 N–H and O–H groups in total. The average molecular weight is 230 g/mol. The molecule has 16 heavy (non-hydrogen) atoms. The topological polar surface area (TPSA) is 66.6 Å². The molecule has 0 rings (SSSR count). The molecular weight excluding hydrogens is 204 g/mol. The van der Waals surface area contributed by atoms with Gasteiger partial charge in [-0.15, -0.1) is 0 Å². The summed E-state index contributed by atoms with van der Waals surface area (Å²) in [5, 5.41) is 8.88. The van der Waals surface area contributed by atoms with Gasteiger partial charge in [0, 0.05) is 6.04 Å². The van der Waals surface area contributed by atoms with Crippen molar-refractivity contribution in [2.45, 2.75) is 58.5 Å². The van der Waals surface area contributed by atoms with Crippen LogP contribution >= 0.6 is 0 Å². The van der Waals surface area contributed by atoms with Crippen LogP contribution in [0.1, 0.15) is 47.0 Å². The maximum atomic E-state index is 10.8. The molecule has 0 heterocycles. The van der Waals surface area contributed by atoms with Gasteiger partial charge in [0.15, 0.2) is 0 Å². The van der Waals surface area contributed by atoms with Gasteiger partial charge < -0.3 is 15.7 Å². The van der Waals surface area contributed by atoms with Crippen molar-refractivity contribution in [3.8, 4) is 0 Å². The Hall–Kier alpha value is -0.610. The first-order valence-electron chi connectivity index (χ1n) is 6.07. The van der Waals surface area contributed by atoms with Crippen molar-refractivity contribution < 1.29 is 9.90 Å². The molecule has 0 aliphatic carbocycles. The molecule has 0 aromatic heterocycles. The Kier molecular flexibility index (Phi) is 6.60. The molecule has 0 saturated carbocycles. The highest BCUT2D eigenvalue weighted by molar-refractivity contribution is 5.77. The number of carboxylic acid groups (broad SMARTS) is 1. The molecule has 1 unspecified atom stereocenters. The summed E-state index contributed by atoms with van der Waals surface area (Å²) in [5.74, 6) is -0.918. The van der Waals surface area contributed by atoms with Crippen molar-refractivity contribution in [1.29, 1.82) is 0 Å². The van der Waals surface area contributed by atoms with Gasteiger partial charge in [0.25, 0.3) is 0 Å². The molecular formula is C12H26N2O2. The summed E-state index contributed by atoms with van der Waals surface area (Å²) in [6.07, 6.45) is 2.48. The molecule has 0 radical (unpaired) electrons. The predicted octanol–water partition coefficient (Wildman–Crippen LogP) is 1.69. The van der Waals surface area contributed by atoms with E-state index in [-0.39, 0.29) is 0 Å². The Morgan fingerprint density at radius 1 is 1.44 bits per heavy atom. The molecule has 96 valence electrons. The minimum atomic E-state index is -1.09. The highest BCUT2D eigenvalue weighted by Gasteiger charge is 2.27. The van der Waals surface area contributed by atoms with Gasteiger partial charge in [-0.3, -0.25) is 4.79 Å². The van der Waals surface area contributed by atoms with Crippen LogP contribution in [0.15, 0.2) is 0 Å². The van der Waals surface area contributed by atoms with Crippen molar-refractivity contribution in [2.24, 2.45) is 5.73 Å². The number of carboxylic acids is 1. The fourth-order valence-electron chi connectivity index (χ4n) is 1.67. The minimum Gasteiger partial charge on any atom is -0.480 e. The number of nitrogens with zero attached hydrogens (tertiary/aromatic N) is 1. The first-order chi connectivity index (χ1) is 7.31. The van der Waals surface area contributed by atoms with E-state index in [9.17, 15) is 4.79 Å². The van der Waals surface area contributed by atoms with Crippen molar-refractivity contribution >= 4 is 5.97 Å². The second-order valence-corrected chi connectivity index (χ2v) is 4.96. The van der Waals surface area contributed by atoms with Gasteiger partial charge >= 0.3 is 5.97 Å². The van der Waals surface area contributed by atoms with E-state index in [0.29, 0.717) is 12.5 Å². The molecule has 0 amide bonds. The van der Waals surface area contributed by atoms with Gasteiger partial charge in [-0.2, -0.15) is 0 Å². The van der Waals surface area contributed by atoms with E-state index in [4.69, 9.17) is 10.8 Å². The third-order valence-corrected chi connectivity index (χ3v) is 2.87. The molecule has 0 bridgehead atoms. The molecule has 0 aromatic rings. The van der Waals surface area contributed by atoms with Gasteiger partial charge in [-0.25, -0.2) is 0 Å². The lowest BCUT2D eigenvalue weighted by Crippen LogP contribution is -2.45. The van der Waals surface area contributed by atoms with Gasteiger partial charge in [0.1, 0.15) is 5.54 Å². The Balaban J connectivity index is 3.99. The molecule has 0 fully saturated rings. The lowest BCUT2D eigenvalue weighted by molar-refractivity contribution is -0.142. The molecule has 4 heteroatoms. The van der Waals surface area contributed by atoms with Gasteiger partial charge in [0.05, 0.1) is 0 Å². The van der Waals surface area contributed by atoms with Crippen LogP contribution in [0.5, 0.6) is 0 Å². The number of rotatable bonds is 8. The lowest BCUT2D eigenvalue weighted by atomic mass is 9.97.